The molecule has 2 aromatic rings. The molecule has 106 valence electrons. The first-order valence-electron chi connectivity index (χ1n) is 6.12. The van der Waals surface area contributed by atoms with Crippen molar-refractivity contribution in [3.8, 4) is 0 Å². The number of halogens is 3. The molecule has 0 saturated carbocycles. The molecular weight excluding hydrogens is 267 g/mol. The lowest BCUT2D eigenvalue weighted by molar-refractivity contribution is -0.137. The summed E-state index contributed by atoms with van der Waals surface area (Å²) in [7, 11) is 0. The number of alkyl halides is 3. The van der Waals surface area contributed by atoms with Gasteiger partial charge in [0.05, 0.1) is 11.3 Å². The van der Waals surface area contributed by atoms with Crippen LogP contribution in [0.25, 0.3) is 0 Å². The first-order chi connectivity index (χ1) is 9.47. The van der Waals surface area contributed by atoms with Crippen molar-refractivity contribution in [3.63, 3.8) is 0 Å². The lowest BCUT2D eigenvalue weighted by atomic mass is 10.1. The minimum Gasteiger partial charge on any atom is -0.305 e. The molecule has 1 N–H and O–H groups in total. The predicted octanol–water partition coefficient (Wildman–Crippen LogP) is 3.35. The highest BCUT2D eigenvalue weighted by molar-refractivity contribution is 5.26. The highest BCUT2D eigenvalue weighted by atomic mass is 19.4. The van der Waals surface area contributed by atoms with Gasteiger partial charge in [-0.3, -0.25) is 9.97 Å². The summed E-state index contributed by atoms with van der Waals surface area (Å²) in [4.78, 5) is 8.06. The van der Waals surface area contributed by atoms with Gasteiger partial charge in [0.25, 0.3) is 0 Å². The van der Waals surface area contributed by atoms with E-state index < -0.39 is 11.7 Å². The number of hydrogen-bond donors (Lipinski definition) is 1. The monoisotopic (exact) mass is 281 g/mol. The molecule has 0 aliphatic carbocycles. The Morgan fingerprint density at radius 3 is 2.40 bits per heavy atom. The van der Waals surface area contributed by atoms with Gasteiger partial charge >= 0.3 is 6.18 Å². The van der Waals surface area contributed by atoms with E-state index >= 15 is 0 Å². The van der Waals surface area contributed by atoms with Crippen LogP contribution in [0.3, 0.4) is 0 Å². The van der Waals surface area contributed by atoms with Gasteiger partial charge in [-0.15, -0.1) is 0 Å². The van der Waals surface area contributed by atoms with Crippen LogP contribution in [0.1, 0.15) is 29.8 Å². The molecule has 0 fully saturated rings. The fraction of sp³-hybridized carbons (Fsp3) is 0.286. The lowest BCUT2D eigenvalue weighted by Gasteiger charge is -2.15. The van der Waals surface area contributed by atoms with Crippen LogP contribution in [0, 0.1) is 0 Å². The Morgan fingerprint density at radius 1 is 1.15 bits per heavy atom. The Bertz CT molecular complexity index is 538. The Morgan fingerprint density at radius 2 is 1.85 bits per heavy atom. The van der Waals surface area contributed by atoms with Gasteiger partial charge in [0.15, 0.2) is 0 Å². The summed E-state index contributed by atoms with van der Waals surface area (Å²) in [5.74, 6) is 0. The van der Waals surface area contributed by atoms with Gasteiger partial charge in [0, 0.05) is 31.2 Å². The topological polar surface area (TPSA) is 37.8 Å². The maximum Gasteiger partial charge on any atom is 0.416 e. The molecule has 1 aromatic carbocycles. The minimum absolute atomic E-state index is 0.0701. The molecule has 0 bridgehead atoms. The largest absolute Gasteiger partial charge is 0.416 e. The van der Waals surface area contributed by atoms with Gasteiger partial charge in [0.2, 0.25) is 0 Å². The first kappa shape index (κ1) is 14.5. The van der Waals surface area contributed by atoms with Crippen LogP contribution in [0.5, 0.6) is 0 Å². The van der Waals surface area contributed by atoms with Crippen molar-refractivity contribution >= 4 is 0 Å². The van der Waals surface area contributed by atoms with Crippen molar-refractivity contribution in [2.75, 3.05) is 0 Å². The summed E-state index contributed by atoms with van der Waals surface area (Å²) < 4.78 is 37.4. The molecule has 0 aliphatic heterocycles. The van der Waals surface area contributed by atoms with Crippen molar-refractivity contribution in [1.29, 1.82) is 0 Å². The summed E-state index contributed by atoms with van der Waals surface area (Å²) in [6, 6.07) is 5.08. The van der Waals surface area contributed by atoms with E-state index in [1.54, 1.807) is 18.6 Å². The summed E-state index contributed by atoms with van der Waals surface area (Å²) in [5.41, 5.74) is 0.940. The molecule has 0 spiro atoms. The highest BCUT2D eigenvalue weighted by Crippen LogP contribution is 2.29. The van der Waals surface area contributed by atoms with Gasteiger partial charge < -0.3 is 5.32 Å². The molecule has 1 unspecified atom stereocenters. The molecule has 20 heavy (non-hydrogen) atoms. The van der Waals surface area contributed by atoms with Crippen LogP contribution < -0.4 is 5.32 Å². The molecule has 1 atom stereocenters. The third-order valence-electron chi connectivity index (χ3n) is 2.94. The summed E-state index contributed by atoms with van der Waals surface area (Å²) in [6.07, 6.45) is 0.532. The average molecular weight is 281 g/mol. The maximum atomic E-state index is 12.5. The molecule has 0 saturated heterocycles. The normalized spacial score (nSPS) is 13.2. The quantitative estimate of drug-likeness (QED) is 0.934. The maximum absolute atomic E-state index is 12.5. The second kappa shape index (κ2) is 6.00. The molecule has 0 radical (unpaired) electrons. The first-order valence-corrected chi connectivity index (χ1v) is 6.12. The fourth-order valence-electron chi connectivity index (χ4n) is 1.76. The molecule has 3 nitrogen and oxygen atoms in total. The number of rotatable bonds is 4. The summed E-state index contributed by atoms with van der Waals surface area (Å²) >= 11 is 0. The number of hydrogen-bond acceptors (Lipinski definition) is 3. The zero-order chi connectivity index (χ0) is 14.6. The van der Waals surface area contributed by atoms with Crippen molar-refractivity contribution in [1.82, 2.24) is 15.3 Å². The van der Waals surface area contributed by atoms with Crippen LogP contribution >= 0.6 is 0 Å². The zero-order valence-corrected chi connectivity index (χ0v) is 10.9. The number of nitrogens with zero attached hydrogens (tertiary/aromatic N) is 2. The molecule has 1 aromatic heterocycles. The van der Waals surface area contributed by atoms with Gasteiger partial charge in [-0.05, 0) is 24.6 Å². The average Bonchev–Trinajstić information content (AvgIpc) is 2.45. The zero-order valence-electron chi connectivity index (χ0n) is 10.9. The fourth-order valence-corrected chi connectivity index (χ4v) is 1.76. The Hall–Kier alpha value is -1.95. The van der Waals surface area contributed by atoms with Crippen LogP contribution in [-0.4, -0.2) is 9.97 Å². The molecule has 1 heterocycles. The van der Waals surface area contributed by atoms with E-state index in [2.05, 4.69) is 15.3 Å². The molecule has 6 heteroatoms. The van der Waals surface area contributed by atoms with Crippen LogP contribution in [0.2, 0.25) is 0 Å². The summed E-state index contributed by atoms with van der Waals surface area (Å²) in [6.45, 7) is 2.40. The Kier molecular flexibility index (Phi) is 4.34. The van der Waals surface area contributed by atoms with Gasteiger partial charge in [-0.1, -0.05) is 12.1 Å². The van der Waals surface area contributed by atoms with Gasteiger partial charge in [0.1, 0.15) is 0 Å². The SMILES string of the molecule is CC(NCc1cnccn1)c1ccc(C(F)(F)F)cc1. The number of benzene rings is 1. The smallest absolute Gasteiger partial charge is 0.305 e. The molecular formula is C14H14F3N3. The third-order valence-corrected chi connectivity index (χ3v) is 2.94. The van der Waals surface area contributed by atoms with E-state index in [-0.39, 0.29) is 6.04 Å². The molecule has 0 amide bonds. The van der Waals surface area contributed by atoms with E-state index in [1.165, 1.54) is 12.1 Å². The van der Waals surface area contributed by atoms with E-state index in [0.29, 0.717) is 6.54 Å². The van der Waals surface area contributed by atoms with Gasteiger partial charge in [-0.25, -0.2) is 0 Å². The highest BCUT2D eigenvalue weighted by Gasteiger charge is 2.30. The van der Waals surface area contributed by atoms with E-state index in [4.69, 9.17) is 0 Å². The predicted molar refractivity (Wildman–Crippen MR) is 68.7 cm³/mol. The van der Waals surface area contributed by atoms with Crippen LogP contribution in [0.15, 0.2) is 42.9 Å². The second-order valence-corrected chi connectivity index (χ2v) is 4.42. The van der Waals surface area contributed by atoms with Crippen LogP contribution in [0.4, 0.5) is 13.2 Å². The lowest BCUT2D eigenvalue weighted by Crippen LogP contribution is -2.19. The number of nitrogens with one attached hydrogen (secondary N) is 1. The van der Waals surface area contributed by atoms with Crippen LogP contribution in [-0.2, 0) is 12.7 Å². The Labute approximate surface area is 114 Å². The molecule has 0 aliphatic rings. The van der Waals surface area contributed by atoms with Crippen molar-refractivity contribution in [2.45, 2.75) is 25.7 Å². The number of aromatic nitrogens is 2. The second-order valence-electron chi connectivity index (χ2n) is 4.42. The third kappa shape index (κ3) is 3.77. The minimum atomic E-state index is -4.30. The Balaban J connectivity index is 1.97. The van der Waals surface area contributed by atoms with E-state index in [9.17, 15) is 13.2 Å². The standard InChI is InChI=1S/C14H14F3N3/c1-10(20-9-13-8-18-6-7-19-13)11-2-4-12(5-3-11)14(15,16)17/h2-8,10,20H,9H2,1H3. The van der Waals surface area contributed by atoms with E-state index in [1.807, 2.05) is 6.92 Å². The van der Waals surface area contributed by atoms with Gasteiger partial charge in [-0.2, -0.15) is 13.2 Å². The summed E-state index contributed by atoms with van der Waals surface area (Å²) in [5, 5.41) is 3.19. The van der Waals surface area contributed by atoms with Crippen molar-refractivity contribution in [3.05, 3.63) is 59.7 Å². The molecule has 2 rings (SSSR count). The van der Waals surface area contributed by atoms with Crippen molar-refractivity contribution in [2.24, 2.45) is 0 Å². The van der Waals surface area contributed by atoms with Crippen molar-refractivity contribution < 1.29 is 13.2 Å². The van der Waals surface area contributed by atoms with E-state index in [0.717, 1.165) is 23.4 Å².